The molecule has 1 aromatic heterocycles. The van der Waals surface area contributed by atoms with Gasteiger partial charge >= 0.3 is 12.6 Å². The van der Waals surface area contributed by atoms with E-state index in [1.54, 1.807) is 18.2 Å². The fraction of sp³-hybridized carbons (Fsp3) is 0.379. The number of carbonyl (C=O) groups excluding carboxylic acids is 1. The summed E-state index contributed by atoms with van der Waals surface area (Å²) in [5.41, 5.74) is 1.06. The zero-order chi connectivity index (χ0) is 32.7. The Bertz CT molecular complexity index is 1560. The fourth-order valence-electron chi connectivity index (χ4n) is 4.37. The molecule has 2 aromatic carbocycles. The average Bonchev–Trinajstić information content (AvgIpc) is 3.81. The number of hydrogen-bond acceptors (Lipinski definition) is 9. The Hall–Kier alpha value is -3.59. The zero-order valence-corrected chi connectivity index (χ0v) is 26.5. The van der Waals surface area contributed by atoms with Crippen molar-refractivity contribution < 1.29 is 50.4 Å². The van der Waals surface area contributed by atoms with E-state index in [-0.39, 0.29) is 52.6 Å². The van der Waals surface area contributed by atoms with Gasteiger partial charge in [0.2, 0.25) is 10.9 Å². The standard InChI is InChI=1S/C29H30Cl2F2N2O9S/c1-40-23-7-5-18(9-26(23)41-2)12-35(45(38)39)15-28(36)43-25(11-20-21(30)13-34(37)14-22(20)31)19-6-8-24(44-29(32)33)27(10-19)42-16-17-3-4-17/h5-10,13-14,17,25,29,45H,3-4,11-12,15-16H2,1-2H3/t25-/m0/s1. The van der Waals surface area contributed by atoms with Crippen molar-refractivity contribution in [3.05, 3.63) is 80.7 Å². The van der Waals surface area contributed by atoms with Crippen LogP contribution in [-0.4, -0.2) is 52.7 Å². The monoisotopic (exact) mass is 690 g/mol. The van der Waals surface area contributed by atoms with Gasteiger partial charge < -0.3 is 28.9 Å². The van der Waals surface area contributed by atoms with Gasteiger partial charge in [0.05, 0.1) is 20.8 Å². The summed E-state index contributed by atoms with van der Waals surface area (Å²) in [5.74, 6) is -0.0575. The molecular weight excluding hydrogens is 661 g/mol. The number of alkyl halides is 2. The van der Waals surface area contributed by atoms with Crippen LogP contribution in [0.5, 0.6) is 23.0 Å². The predicted molar refractivity (Wildman–Crippen MR) is 160 cm³/mol. The fourth-order valence-corrected chi connectivity index (χ4v) is 5.48. The molecule has 244 valence electrons. The third-order valence-corrected chi connectivity index (χ3v) is 8.20. The summed E-state index contributed by atoms with van der Waals surface area (Å²) in [5, 5.41) is 11.8. The molecule has 16 heteroatoms. The molecule has 3 aromatic rings. The van der Waals surface area contributed by atoms with Gasteiger partial charge in [-0.15, -0.1) is 0 Å². The van der Waals surface area contributed by atoms with Gasteiger partial charge in [0.15, 0.2) is 35.4 Å². The van der Waals surface area contributed by atoms with Crippen molar-refractivity contribution in [1.82, 2.24) is 4.31 Å². The first-order valence-corrected chi connectivity index (χ1v) is 15.4. The summed E-state index contributed by atoms with van der Waals surface area (Å²) in [7, 11) is -0.346. The molecule has 45 heavy (non-hydrogen) atoms. The van der Waals surface area contributed by atoms with E-state index >= 15 is 0 Å². The van der Waals surface area contributed by atoms with E-state index in [0.717, 1.165) is 29.5 Å². The molecular formula is C29H30Cl2F2N2O9S. The highest BCUT2D eigenvalue weighted by Crippen LogP contribution is 2.38. The van der Waals surface area contributed by atoms with Crippen LogP contribution in [0.4, 0.5) is 8.78 Å². The number of rotatable bonds is 16. The first-order chi connectivity index (χ1) is 21.5. The van der Waals surface area contributed by atoms with Gasteiger partial charge in [0, 0.05) is 18.5 Å². The number of benzene rings is 2. The van der Waals surface area contributed by atoms with Crippen LogP contribution >= 0.6 is 23.2 Å². The van der Waals surface area contributed by atoms with E-state index < -0.39 is 36.1 Å². The van der Waals surface area contributed by atoms with Gasteiger partial charge in [0.1, 0.15) is 22.7 Å². The van der Waals surface area contributed by atoms with E-state index in [9.17, 15) is 27.2 Å². The topological polar surface area (TPSA) is 128 Å². The van der Waals surface area contributed by atoms with Gasteiger partial charge in [-0.2, -0.15) is 17.8 Å². The third-order valence-electron chi connectivity index (χ3n) is 6.80. The van der Waals surface area contributed by atoms with Crippen LogP contribution in [0.3, 0.4) is 0 Å². The maximum Gasteiger partial charge on any atom is 0.387 e. The second-order valence-corrected chi connectivity index (χ2v) is 11.9. The molecule has 0 spiro atoms. The number of methoxy groups -OCH3 is 2. The second-order valence-electron chi connectivity index (χ2n) is 10.1. The lowest BCUT2D eigenvalue weighted by Crippen LogP contribution is -2.31. The predicted octanol–water partition coefficient (Wildman–Crippen LogP) is 4.89. The van der Waals surface area contributed by atoms with Crippen molar-refractivity contribution in [2.45, 2.75) is 38.5 Å². The van der Waals surface area contributed by atoms with Crippen molar-refractivity contribution in [3.63, 3.8) is 0 Å². The van der Waals surface area contributed by atoms with Crippen LogP contribution in [0.25, 0.3) is 0 Å². The normalized spacial score (nSPS) is 13.6. The van der Waals surface area contributed by atoms with Crippen LogP contribution in [0.1, 0.15) is 35.6 Å². The Morgan fingerprint density at radius 3 is 2.29 bits per heavy atom. The smallest absolute Gasteiger partial charge is 0.387 e. The molecule has 4 rings (SSSR count). The molecule has 1 saturated carbocycles. The molecule has 1 fully saturated rings. The number of ether oxygens (including phenoxy) is 5. The minimum absolute atomic E-state index is 0.00104. The average molecular weight is 692 g/mol. The molecule has 11 nitrogen and oxygen atoms in total. The molecule has 0 radical (unpaired) electrons. The summed E-state index contributed by atoms with van der Waals surface area (Å²) in [6.07, 6.45) is 2.71. The first kappa shape index (κ1) is 34.3. The second kappa shape index (κ2) is 15.6. The molecule has 1 aliphatic carbocycles. The number of aromatic nitrogens is 1. The molecule has 0 saturated heterocycles. The lowest BCUT2D eigenvalue weighted by Gasteiger charge is -2.23. The number of esters is 1. The molecule has 0 aliphatic heterocycles. The Kier molecular flexibility index (Phi) is 11.9. The van der Waals surface area contributed by atoms with Gasteiger partial charge in [0.25, 0.3) is 0 Å². The Morgan fingerprint density at radius 1 is 1.02 bits per heavy atom. The van der Waals surface area contributed by atoms with E-state index in [1.807, 2.05) is 0 Å². The summed E-state index contributed by atoms with van der Waals surface area (Å²) >= 11 is 12.6. The van der Waals surface area contributed by atoms with Crippen LogP contribution in [0.15, 0.2) is 48.8 Å². The van der Waals surface area contributed by atoms with Crippen molar-refractivity contribution >= 4 is 40.1 Å². The number of pyridine rings is 1. The van der Waals surface area contributed by atoms with Gasteiger partial charge in [-0.25, -0.2) is 8.42 Å². The SMILES string of the molecule is COc1ccc(CN(CC(=O)O[C@@H](Cc2c(Cl)c[n+]([O-])cc2Cl)c2ccc(OC(F)F)c(OCC3CC3)c2)[SH](=O)=O)cc1OC. The van der Waals surface area contributed by atoms with Crippen LogP contribution in [0.2, 0.25) is 10.0 Å². The number of hydrogen-bond donors (Lipinski definition) is 1. The summed E-state index contributed by atoms with van der Waals surface area (Å²) in [4.78, 5) is 13.2. The van der Waals surface area contributed by atoms with Crippen LogP contribution in [0, 0.1) is 11.1 Å². The van der Waals surface area contributed by atoms with Gasteiger partial charge in [-0.05, 0) is 54.2 Å². The molecule has 1 aliphatic rings. The summed E-state index contributed by atoms with van der Waals surface area (Å²) in [6.45, 7) is -3.69. The van der Waals surface area contributed by atoms with Crippen LogP contribution < -0.4 is 23.7 Å². The van der Waals surface area contributed by atoms with E-state index in [2.05, 4.69) is 4.74 Å². The summed E-state index contributed by atoms with van der Waals surface area (Å²) < 4.78 is 78.4. The van der Waals surface area contributed by atoms with Crippen LogP contribution in [-0.2, 0) is 33.4 Å². The highest BCUT2D eigenvalue weighted by atomic mass is 35.5. The van der Waals surface area contributed by atoms with E-state index in [0.29, 0.717) is 27.4 Å². The lowest BCUT2D eigenvalue weighted by molar-refractivity contribution is -0.605. The third kappa shape index (κ3) is 9.70. The molecule has 0 N–H and O–H groups in total. The number of nitrogens with zero attached hydrogens (tertiary/aromatic N) is 2. The minimum Gasteiger partial charge on any atom is -0.619 e. The molecule has 1 heterocycles. The van der Waals surface area contributed by atoms with Crippen molar-refractivity contribution in [2.24, 2.45) is 5.92 Å². The summed E-state index contributed by atoms with van der Waals surface area (Å²) in [6, 6.07) is 8.84. The van der Waals surface area contributed by atoms with Gasteiger partial charge in [-0.3, -0.25) is 4.79 Å². The lowest BCUT2D eigenvalue weighted by atomic mass is 10.0. The maximum atomic E-state index is 13.2. The highest BCUT2D eigenvalue weighted by Gasteiger charge is 2.27. The molecule has 0 amide bonds. The van der Waals surface area contributed by atoms with E-state index in [1.165, 1.54) is 32.4 Å². The quantitative estimate of drug-likeness (QED) is 0.0967. The van der Waals surface area contributed by atoms with Crippen molar-refractivity contribution in [2.75, 3.05) is 27.4 Å². The highest BCUT2D eigenvalue weighted by molar-refractivity contribution is 7.69. The largest absolute Gasteiger partial charge is 0.619 e. The van der Waals surface area contributed by atoms with Gasteiger partial charge in [-0.1, -0.05) is 35.3 Å². The molecule has 0 unspecified atom stereocenters. The van der Waals surface area contributed by atoms with Crippen molar-refractivity contribution in [1.29, 1.82) is 0 Å². The Balaban J connectivity index is 1.62. The molecule has 0 bridgehead atoms. The number of carbonyl (C=O) groups is 1. The number of halogens is 4. The number of thiol groups is 1. The molecule has 1 atom stereocenters. The zero-order valence-electron chi connectivity index (χ0n) is 24.1. The maximum absolute atomic E-state index is 13.2. The Morgan fingerprint density at radius 2 is 1.69 bits per heavy atom. The van der Waals surface area contributed by atoms with Crippen molar-refractivity contribution in [3.8, 4) is 23.0 Å². The Labute approximate surface area is 269 Å². The first-order valence-electron chi connectivity index (χ1n) is 13.5. The van der Waals surface area contributed by atoms with E-state index in [4.69, 9.17) is 42.1 Å². The minimum atomic E-state index is -3.24.